The lowest BCUT2D eigenvalue weighted by Crippen LogP contribution is -2.46. The molecule has 28 heavy (non-hydrogen) atoms. The maximum Gasteiger partial charge on any atom is 0.269 e. The summed E-state index contributed by atoms with van der Waals surface area (Å²) in [6, 6.07) is 11.4. The van der Waals surface area contributed by atoms with Crippen molar-refractivity contribution in [2.45, 2.75) is 18.9 Å². The molecule has 3 heterocycles. The van der Waals surface area contributed by atoms with E-state index in [-0.39, 0.29) is 17.9 Å². The number of amides is 2. The summed E-state index contributed by atoms with van der Waals surface area (Å²) in [4.78, 5) is 31.2. The summed E-state index contributed by atoms with van der Waals surface area (Å²) in [5, 5.41) is 4.16. The smallest absolute Gasteiger partial charge is 0.269 e. The second-order valence-corrected chi connectivity index (χ2v) is 7.81. The van der Waals surface area contributed by atoms with Gasteiger partial charge in [-0.1, -0.05) is 18.2 Å². The fraction of sp³-hybridized carbons (Fsp3) is 0.286. The number of nitrogens with zero attached hydrogens (tertiary/aromatic N) is 3. The Bertz CT molecular complexity index is 985. The van der Waals surface area contributed by atoms with Crippen LogP contribution in [0.25, 0.3) is 10.9 Å². The van der Waals surface area contributed by atoms with Gasteiger partial charge in [0.15, 0.2) is 0 Å². The number of likely N-dealkylation sites (tertiary alicyclic amines) is 1. The molecule has 1 aromatic carbocycles. The number of benzene rings is 1. The SMILES string of the molecule is Cn1c(C(=O)NC2CCN(C(=O)c3ccncc3)CC2)c(Br)c2ccccc21. The van der Waals surface area contributed by atoms with Crippen molar-refractivity contribution in [3.63, 3.8) is 0 Å². The van der Waals surface area contributed by atoms with Crippen LogP contribution < -0.4 is 5.32 Å². The van der Waals surface area contributed by atoms with E-state index in [1.807, 2.05) is 40.8 Å². The van der Waals surface area contributed by atoms with Gasteiger partial charge >= 0.3 is 0 Å². The molecule has 1 saturated heterocycles. The van der Waals surface area contributed by atoms with Gasteiger partial charge < -0.3 is 14.8 Å². The number of halogens is 1. The number of fused-ring (bicyclic) bond motifs is 1. The lowest BCUT2D eigenvalue weighted by atomic mass is 10.0. The van der Waals surface area contributed by atoms with Crippen molar-refractivity contribution in [3.8, 4) is 0 Å². The number of aromatic nitrogens is 2. The minimum absolute atomic E-state index is 0.0172. The molecular weight excluding hydrogens is 420 g/mol. The van der Waals surface area contributed by atoms with Gasteiger partial charge in [-0.25, -0.2) is 0 Å². The fourth-order valence-corrected chi connectivity index (χ4v) is 4.54. The summed E-state index contributed by atoms with van der Waals surface area (Å²) < 4.78 is 2.73. The van der Waals surface area contributed by atoms with Gasteiger partial charge in [0, 0.05) is 55.0 Å². The third-order valence-electron chi connectivity index (χ3n) is 5.30. The standard InChI is InChI=1S/C21H21BrN4O2/c1-25-17-5-3-2-4-16(17)18(22)19(25)20(27)24-15-8-12-26(13-9-15)21(28)14-6-10-23-11-7-14/h2-7,10-11,15H,8-9,12-13H2,1H3,(H,24,27). The maximum absolute atomic E-state index is 12.9. The van der Waals surface area contributed by atoms with Gasteiger partial charge in [0.05, 0.1) is 4.47 Å². The van der Waals surface area contributed by atoms with E-state index in [1.165, 1.54) is 0 Å². The van der Waals surface area contributed by atoms with Crippen LogP contribution in [-0.4, -0.2) is 45.4 Å². The van der Waals surface area contributed by atoms with E-state index in [1.54, 1.807) is 24.5 Å². The molecule has 4 rings (SSSR count). The van der Waals surface area contributed by atoms with Crippen LogP contribution >= 0.6 is 15.9 Å². The molecule has 6 nitrogen and oxygen atoms in total. The van der Waals surface area contributed by atoms with Gasteiger partial charge in [0.1, 0.15) is 5.69 Å². The Morgan fingerprint density at radius 2 is 1.79 bits per heavy atom. The van der Waals surface area contributed by atoms with Crippen LogP contribution in [0.15, 0.2) is 53.3 Å². The quantitative estimate of drug-likeness (QED) is 0.678. The van der Waals surface area contributed by atoms with E-state index in [2.05, 4.69) is 26.2 Å². The minimum Gasteiger partial charge on any atom is -0.348 e. The summed E-state index contributed by atoms with van der Waals surface area (Å²) in [5.74, 6) is -0.0758. The van der Waals surface area contributed by atoms with Crippen molar-refractivity contribution in [1.29, 1.82) is 0 Å². The van der Waals surface area contributed by atoms with Crippen LogP contribution in [0, 0.1) is 0 Å². The molecule has 1 N–H and O–H groups in total. The zero-order chi connectivity index (χ0) is 19.7. The Morgan fingerprint density at radius 3 is 2.46 bits per heavy atom. The Kier molecular flexibility index (Phi) is 5.17. The topological polar surface area (TPSA) is 67.2 Å². The molecule has 0 radical (unpaired) electrons. The Hall–Kier alpha value is -2.67. The van der Waals surface area contributed by atoms with Crippen LogP contribution in [0.2, 0.25) is 0 Å². The highest BCUT2D eigenvalue weighted by Gasteiger charge is 2.27. The second kappa shape index (κ2) is 7.75. The van der Waals surface area contributed by atoms with E-state index < -0.39 is 0 Å². The Balaban J connectivity index is 1.42. The van der Waals surface area contributed by atoms with Crippen molar-refractivity contribution in [1.82, 2.24) is 19.8 Å². The molecule has 0 bridgehead atoms. The van der Waals surface area contributed by atoms with Gasteiger partial charge in [0.25, 0.3) is 11.8 Å². The Morgan fingerprint density at radius 1 is 1.11 bits per heavy atom. The highest BCUT2D eigenvalue weighted by molar-refractivity contribution is 9.10. The molecule has 1 aliphatic rings. The third kappa shape index (κ3) is 3.42. The van der Waals surface area contributed by atoms with Crippen molar-refractivity contribution in [2.75, 3.05) is 13.1 Å². The predicted octanol–water partition coefficient (Wildman–Crippen LogP) is 3.37. The lowest BCUT2D eigenvalue weighted by Gasteiger charge is -2.32. The lowest BCUT2D eigenvalue weighted by molar-refractivity contribution is 0.0697. The maximum atomic E-state index is 12.9. The molecule has 3 aromatic rings. The van der Waals surface area contributed by atoms with Gasteiger partial charge in [-0.15, -0.1) is 0 Å². The zero-order valence-corrected chi connectivity index (χ0v) is 17.1. The molecule has 0 spiro atoms. The molecule has 2 amide bonds. The van der Waals surface area contributed by atoms with Crippen molar-refractivity contribution in [2.24, 2.45) is 7.05 Å². The first-order valence-electron chi connectivity index (χ1n) is 9.29. The fourth-order valence-electron chi connectivity index (χ4n) is 3.76. The highest BCUT2D eigenvalue weighted by atomic mass is 79.9. The first-order chi connectivity index (χ1) is 13.6. The molecule has 0 saturated carbocycles. The molecule has 1 aliphatic heterocycles. The van der Waals surface area contributed by atoms with E-state index in [0.717, 1.165) is 28.2 Å². The summed E-state index contributed by atoms with van der Waals surface area (Å²) in [6.07, 6.45) is 4.73. The average Bonchev–Trinajstić information content (AvgIpc) is 2.99. The first-order valence-corrected chi connectivity index (χ1v) is 10.1. The molecule has 144 valence electrons. The molecule has 1 fully saturated rings. The molecule has 0 unspecified atom stereocenters. The molecule has 0 aliphatic carbocycles. The van der Waals surface area contributed by atoms with E-state index in [0.29, 0.717) is 24.3 Å². The average molecular weight is 441 g/mol. The van der Waals surface area contributed by atoms with Crippen LogP contribution in [0.4, 0.5) is 0 Å². The summed E-state index contributed by atoms with van der Waals surface area (Å²) in [7, 11) is 1.90. The van der Waals surface area contributed by atoms with E-state index in [9.17, 15) is 9.59 Å². The number of para-hydroxylation sites is 1. The number of aryl methyl sites for hydroxylation is 1. The number of nitrogens with one attached hydrogen (secondary N) is 1. The summed E-state index contributed by atoms with van der Waals surface area (Å²) in [5.41, 5.74) is 2.28. The molecule has 2 aromatic heterocycles. The van der Waals surface area contributed by atoms with Gasteiger partial charge in [-0.2, -0.15) is 0 Å². The zero-order valence-electron chi connectivity index (χ0n) is 15.6. The van der Waals surface area contributed by atoms with Gasteiger partial charge in [-0.05, 0) is 47.0 Å². The van der Waals surface area contributed by atoms with Gasteiger partial charge in [0.2, 0.25) is 0 Å². The molecular formula is C21H21BrN4O2. The van der Waals surface area contributed by atoms with Crippen LogP contribution in [0.5, 0.6) is 0 Å². The number of hydrogen-bond acceptors (Lipinski definition) is 3. The van der Waals surface area contributed by atoms with E-state index in [4.69, 9.17) is 0 Å². The molecule has 0 atom stereocenters. The minimum atomic E-state index is -0.0931. The van der Waals surface area contributed by atoms with E-state index >= 15 is 0 Å². The molecule has 7 heteroatoms. The number of carbonyl (C=O) groups excluding carboxylic acids is 2. The van der Waals surface area contributed by atoms with Crippen molar-refractivity contribution >= 4 is 38.6 Å². The monoisotopic (exact) mass is 440 g/mol. The largest absolute Gasteiger partial charge is 0.348 e. The number of pyridine rings is 1. The second-order valence-electron chi connectivity index (χ2n) is 7.01. The number of carbonyl (C=O) groups is 2. The van der Waals surface area contributed by atoms with Gasteiger partial charge in [-0.3, -0.25) is 14.6 Å². The predicted molar refractivity (Wildman–Crippen MR) is 111 cm³/mol. The van der Waals surface area contributed by atoms with Crippen molar-refractivity contribution < 1.29 is 9.59 Å². The van der Waals surface area contributed by atoms with Crippen LogP contribution in [0.3, 0.4) is 0 Å². The number of rotatable bonds is 3. The summed E-state index contributed by atoms with van der Waals surface area (Å²) in [6.45, 7) is 1.25. The Labute approximate surface area is 171 Å². The van der Waals surface area contributed by atoms with Crippen LogP contribution in [0.1, 0.15) is 33.7 Å². The van der Waals surface area contributed by atoms with Crippen LogP contribution in [-0.2, 0) is 7.05 Å². The highest BCUT2D eigenvalue weighted by Crippen LogP contribution is 2.30. The first kappa shape index (κ1) is 18.7. The number of hydrogen-bond donors (Lipinski definition) is 1. The third-order valence-corrected chi connectivity index (χ3v) is 6.11. The normalized spacial score (nSPS) is 15.0. The summed E-state index contributed by atoms with van der Waals surface area (Å²) >= 11 is 3.58. The number of piperidine rings is 1. The van der Waals surface area contributed by atoms with Crippen molar-refractivity contribution in [3.05, 3.63) is 64.5 Å².